The zero-order valence-electron chi connectivity index (χ0n) is 19.5. The molecule has 33 heavy (non-hydrogen) atoms. The molecule has 1 fully saturated rings. The lowest BCUT2D eigenvalue weighted by Gasteiger charge is -2.33. The number of piperidine rings is 1. The van der Waals surface area contributed by atoms with Crippen LogP contribution in [0.5, 0.6) is 0 Å². The van der Waals surface area contributed by atoms with Crippen LogP contribution >= 0.6 is 0 Å². The summed E-state index contributed by atoms with van der Waals surface area (Å²) >= 11 is 0. The van der Waals surface area contributed by atoms with E-state index in [2.05, 4.69) is 22.9 Å². The van der Waals surface area contributed by atoms with Crippen molar-refractivity contribution in [1.29, 1.82) is 0 Å². The highest BCUT2D eigenvalue weighted by Gasteiger charge is 2.24. The van der Waals surface area contributed by atoms with Gasteiger partial charge in [-0.2, -0.15) is 0 Å². The number of nitrogens with one attached hydrogen (secondary N) is 1. The molecule has 2 aromatic carbocycles. The predicted octanol–water partition coefficient (Wildman–Crippen LogP) is 4.58. The molecule has 1 N–H and O–H groups in total. The average Bonchev–Trinajstić information content (AvgIpc) is 3.19. The summed E-state index contributed by atoms with van der Waals surface area (Å²) in [6.07, 6.45) is 7.09. The number of carbonyl (C=O) groups is 2. The number of benzene rings is 2. The van der Waals surface area contributed by atoms with Crippen molar-refractivity contribution in [1.82, 2.24) is 19.8 Å². The van der Waals surface area contributed by atoms with Crippen molar-refractivity contribution in [2.45, 2.75) is 64.5 Å². The number of carbonyl (C=O) groups excluding carboxylic acids is 2. The van der Waals surface area contributed by atoms with Gasteiger partial charge in [-0.05, 0) is 63.3 Å². The van der Waals surface area contributed by atoms with Crippen LogP contribution in [0.1, 0.15) is 61.6 Å². The van der Waals surface area contributed by atoms with Gasteiger partial charge in [0.25, 0.3) is 5.91 Å². The first-order chi connectivity index (χ1) is 16.1. The summed E-state index contributed by atoms with van der Waals surface area (Å²) in [4.78, 5) is 32.1. The number of rotatable bonds is 9. The van der Waals surface area contributed by atoms with Crippen molar-refractivity contribution in [3.63, 3.8) is 0 Å². The van der Waals surface area contributed by atoms with Gasteiger partial charge in [0.1, 0.15) is 12.4 Å². The van der Waals surface area contributed by atoms with Crippen LogP contribution in [0, 0.1) is 0 Å². The van der Waals surface area contributed by atoms with Crippen molar-refractivity contribution in [2.75, 3.05) is 13.1 Å². The third-order valence-electron chi connectivity index (χ3n) is 6.55. The molecule has 2 amide bonds. The lowest BCUT2D eigenvalue weighted by molar-refractivity contribution is -0.135. The second kappa shape index (κ2) is 11.1. The van der Waals surface area contributed by atoms with Crippen LogP contribution in [-0.4, -0.2) is 45.4 Å². The van der Waals surface area contributed by atoms with E-state index in [-0.39, 0.29) is 11.8 Å². The summed E-state index contributed by atoms with van der Waals surface area (Å²) in [6.45, 7) is 4.03. The van der Waals surface area contributed by atoms with Gasteiger partial charge in [0, 0.05) is 31.1 Å². The van der Waals surface area contributed by atoms with Gasteiger partial charge in [-0.15, -0.1) is 0 Å². The monoisotopic (exact) mass is 446 g/mol. The molecule has 1 aliphatic heterocycles. The minimum Gasteiger partial charge on any atom is -0.352 e. The Morgan fingerprint density at radius 1 is 1.00 bits per heavy atom. The van der Waals surface area contributed by atoms with Crippen LogP contribution in [0.3, 0.4) is 0 Å². The number of fused-ring (bicyclic) bond motifs is 1. The number of aromatic nitrogens is 2. The molecule has 4 rings (SSSR count). The molecular weight excluding hydrogens is 412 g/mol. The van der Waals surface area contributed by atoms with Gasteiger partial charge in [0.05, 0.1) is 11.0 Å². The fourth-order valence-electron chi connectivity index (χ4n) is 4.67. The van der Waals surface area contributed by atoms with Gasteiger partial charge in [-0.25, -0.2) is 4.98 Å². The van der Waals surface area contributed by atoms with Gasteiger partial charge in [0.15, 0.2) is 0 Å². The topological polar surface area (TPSA) is 67.2 Å². The molecule has 1 atom stereocenters. The van der Waals surface area contributed by atoms with Crippen molar-refractivity contribution >= 4 is 22.8 Å². The van der Waals surface area contributed by atoms with Gasteiger partial charge < -0.3 is 14.8 Å². The number of hydrogen-bond acceptors (Lipinski definition) is 3. The molecule has 2 heterocycles. The first-order valence-electron chi connectivity index (χ1n) is 12.2. The lowest BCUT2D eigenvalue weighted by Crippen LogP contribution is -2.43. The number of amides is 2. The van der Waals surface area contributed by atoms with Gasteiger partial charge in [-0.1, -0.05) is 36.8 Å². The summed E-state index contributed by atoms with van der Waals surface area (Å²) in [5.74, 6) is 1.14. The van der Waals surface area contributed by atoms with E-state index in [1.54, 1.807) is 0 Å². The quantitative estimate of drug-likeness (QED) is 0.489. The van der Waals surface area contributed by atoms with E-state index in [0.29, 0.717) is 24.7 Å². The van der Waals surface area contributed by atoms with E-state index in [1.807, 2.05) is 53.4 Å². The van der Waals surface area contributed by atoms with Crippen LogP contribution in [-0.2, 0) is 17.8 Å². The van der Waals surface area contributed by atoms with E-state index < -0.39 is 0 Å². The summed E-state index contributed by atoms with van der Waals surface area (Å²) in [7, 11) is 0. The predicted molar refractivity (Wildman–Crippen MR) is 131 cm³/mol. The summed E-state index contributed by atoms with van der Waals surface area (Å²) in [5, 5.41) is 2.99. The Morgan fingerprint density at radius 2 is 1.79 bits per heavy atom. The molecule has 6 nitrogen and oxygen atoms in total. The third kappa shape index (κ3) is 5.81. The molecule has 0 aliphatic carbocycles. The SMILES string of the molecule is CC1CCCCN1C(=O)Cn1c(CCCCCNC(=O)c2ccccc2)nc2ccccc21. The molecule has 1 saturated heterocycles. The van der Waals surface area contributed by atoms with Crippen LogP contribution in [0.4, 0.5) is 0 Å². The van der Waals surface area contributed by atoms with Crippen molar-refractivity contribution < 1.29 is 9.59 Å². The molecule has 6 heteroatoms. The molecule has 0 saturated carbocycles. The number of aryl methyl sites for hydroxylation is 1. The molecule has 0 spiro atoms. The molecule has 1 aliphatic rings. The van der Waals surface area contributed by atoms with E-state index in [1.165, 1.54) is 6.42 Å². The molecule has 3 aromatic rings. The fraction of sp³-hybridized carbons (Fsp3) is 0.444. The van der Waals surface area contributed by atoms with Crippen LogP contribution in [0.2, 0.25) is 0 Å². The van der Waals surface area contributed by atoms with E-state index >= 15 is 0 Å². The number of imidazole rings is 1. The minimum atomic E-state index is -0.0251. The molecule has 0 bridgehead atoms. The fourth-order valence-corrected chi connectivity index (χ4v) is 4.67. The Balaban J connectivity index is 1.32. The maximum absolute atomic E-state index is 13.1. The Labute approximate surface area is 196 Å². The number of nitrogens with zero attached hydrogens (tertiary/aromatic N) is 3. The summed E-state index contributed by atoms with van der Waals surface area (Å²) in [5.41, 5.74) is 2.67. The maximum Gasteiger partial charge on any atom is 0.251 e. The van der Waals surface area contributed by atoms with E-state index in [9.17, 15) is 9.59 Å². The van der Waals surface area contributed by atoms with Crippen LogP contribution in [0.25, 0.3) is 11.0 Å². The zero-order chi connectivity index (χ0) is 23.0. The number of hydrogen-bond donors (Lipinski definition) is 1. The highest BCUT2D eigenvalue weighted by molar-refractivity contribution is 5.94. The zero-order valence-corrected chi connectivity index (χ0v) is 19.5. The van der Waals surface area contributed by atoms with Gasteiger partial charge in [0.2, 0.25) is 5.91 Å². The largest absolute Gasteiger partial charge is 0.352 e. The first-order valence-corrected chi connectivity index (χ1v) is 12.2. The number of unbranched alkanes of at least 4 members (excludes halogenated alkanes) is 2. The Bertz CT molecular complexity index is 1080. The Hall–Kier alpha value is -3.15. The molecule has 1 aromatic heterocycles. The van der Waals surface area contributed by atoms with E-state index in [0.717, 1.165) is 61.9 Å². The second-order valence-corrected chi connectivity index (χ2v) is 8.97. The number of para-hydroxylation sites is 2. The highest BCUT2D eigenvalue weighted by atomic mass is 16.2. The Kier molecular flexibility index (Phi) is 7.76. The molecule has 1 unspecified atom stereocenters. The van der Waals surface area contributed by atoms with Crippen LogP contribution < -0.4 is 5.32 Å². The molecule has 174 valence electrons. The van der Waals surface area contributed by atoms with Crippen molar-refractivity contribution in [2.24, 2.45) is 0 Å². The van der Waals surface area contributed by atoms with E-state index in [4.69, 9.17) is 4.98 Å². The minimum absolute atomic E-state index is 0.0251. The van der Waals surface area contributed by atoms with Crippen molar-refractivity contribution in [3.05, 3.63) is 66.0 Å². The first kappa shape index (κ1) is 23.0. The van der Waals surface area contributed by atoms with Gasteiger partial charge in [-0.3, -0.25) is 9.59 Å². The highest BCUT2D eigenvalue weighted by Crippen LogP contribution is 2.21. The maximum atomic E-state index is 13.1. The van der Waals surface area contributed by atoms with Crippen LogP contribution in [0.15, 0.2) is 54.6 Å². The Morgan fingerprint density at radius 3 is 2.61 bits per heavy atom. The molecular formula is C27H34N4O2. The summed E-state index contributed by atoms with van der Waals surface area (Å²) < 4.78 is 2.11. The number of likely N-dealkylation sites (tertiary alicyclic amines) is 1. The molecule has 0 radical (unpaired) electrons. The lowest BCUT2D eigenvalue weighted by atomic mass is 10.0. The second-order valence-electron chi connectivity index (χ2n) is 8.97. The summed E-state index contributed by atoms with van der Waals surface area (Å²) in [6, 6.07) is 17.7. The van der Waals surface area contributed by atoms with Gasteiger partial charge >= 0.3 is 0 Å². The standard InChI is InChI=1S/C27H34N4O2/c1-21-12-9-11-19-30(21)26(32)20-31-24-16-8-7-15-23(24)29-25(31)17-6-3-10-18-28-27(33)22-13-4-2-5-14-22/h2,4-5,7-8,13-16,21H,3,6,9-12,17-20H2,1H3,(H,28,33). The van der Waals surface area contributed by atoms with Crippen molar-refractivity contribution in [3.8, 4) is 0 Å². The normalized spacial score (nSPS) is 16.2. The average molecular weight is 447 g/mol. The third-order valence-corrected chi connectivity index (χ3v) is 6.55. The smallest absolute Gasteiger partial charge is 0.251 e.